The fourth-order valence-corrected chi connectivity index (χ4v) is 3.32. The predicted octanol–water partition coefficient (Wildman–Crippen LogP) is 2.88. The largest absolute Gasteiger partial charge is 0.478 e. The van der Waals surface area contributed by atoms with Crippen molar-refractivity contribution >= 4 is 16.9 Å². The van der Waals surface area contributed by atoms with Gasteiger partial charge in [0.05, 0.1) is 5.56 Å². The summed E-state index contributed by atoms with van der Waals surface area (Å²) in [5.41, 5.74) is 3.73. The van der Waals surface area contributed by atoms with Gasteiger partial charge in [-0.05, 0) is 42.2 Å². The molecule has 2 N–H and O–H groups in total. The first-order valence-electron chi connectivity index (χ1n) is 8.82. The van der Waals surface area contributed by atoms with Crippen LogP contribution in [0.4, 0.5) is 0 Å². The topological polar surface area (TPSA) is 96.7 Å². The Kier molecular flexibility index (Phi) is 4.65. The van der Waals surface area contributed by atoms with Gasteiger partial charge in [-0.1, -0.05) is 35.5 Å². The van der Waals surface area contributed by atoms with Crippen LogP contribution in [0.25, 0.3) is 10.9 Å². The van der Waals surface area contributed by atoms with Gasteiger partial charge in [-0.15, -0.1) is 10.2 Å². The van der Waals surface area contributed by atoms with E-state index < -0.39 is 5.97 Å². The highest BCUT2D eigenvalue weighted by Crippen LogP contribution is 2.25. The number of aromatic carboxylic acids is 1. The van der Waals surface area contributed by atoms with Crippen molar-refractivity contribution in [3.63, 3.8) is 0 Å². The monoisotopic (exact) mass is 361 g/mol. The molecule has 0 aliphatic rings. The molecule has 0 aliphatic carbocycles. The van der Waals surface area contributed by atoms with Crippen LogP contribution in [-0.4, -0.2) is 36.3 Å². The molecule has 0 saturated carbocycles. The van der Waals surface area contributed by atoms with E-state index in [2.05, 4.69) is 43.5 Å². The summed E-state index contributed by atoms with van der Waals surface area (Å²) in [5.74, 6) is -0.254. The van der Waals surface area contributed by atoms with Crippen molar-refractivity contribution in [3.05, 3.63) is 77.2 Å². The van der Waals surface area contributed by atoms with E-state index in [0.717, 1.165) is 29.3 Å². The number of aromatic nitrogens is 5. The lowest BCUT2D eigenvalue weighted by Gasteiger charge is -2.03. The fourth-order valence-electron chi connectivity index (χ4n) is 3.32. The van der Waals surface area contributed by atoms with Gasteiger partial charge in [0.1, 0.15) is 0 Å². The Morgan fingerprint density at radius 2 is 1.93 bits per heavy atom. The van der Waals surface area contributed by atoms with Gasteiger partial charge in [-0.2, -0.15) is 5.21 Å². The number of fused-ring (bicyclic) bond motifs is 1. The van der Waals surface area contributed by atoms with Crippen LogP contribution in [0.1, 0.15) is 27.3 Å². The Morgan fingerprint density at radius 3 is 2.67 bits per heavy atom. The van der Waals surface area contributed by atoms with Gasteiger partial charge < -0.3 is 9.67 Å². The summed E-state index contributed by atoms with van der Waals surface area (Å²) in [4.78, 5) is 11.4. The number of benzene rings is 2. The zero-order valence-electron chi connectivity index (χ0n) is 14.7. The second-order valence-corrected chi connectivity index (χ2v) is 6.45. The summed E-state index contributed by atoms with van der Waals surface area (Å²) in [6, 6.07) is 15.6. The average molecular weight is 361 g/mol. The van der Waals surface area contributed by atoms with Crippen molar-refractivity contribution in [2.45, 2.75) is 25.8 Å². The number of aromatic amines is 1. The van der Waals surface area contributed by atoms with E-state index in [4.69, 9.17) is 0 Å². The molecule has 0 radical (unpaired) electrons. The fraction of sp³-hybridized carbons (Fsp3) is 0.200. The molecule has 7 heteroatoms. The van der Waals surface area contributed by atoms with Crippen molar-refractivity contribution < 1.29 is 9.90 Å². The lowest BCUT2D eigenvalue weighted by atomic mass is 10.0. The standard InChI is InChI=1S/C20H19N5O2/c26-20(27)15-8-9-18-17(12-15)16(7-6-14-4-2-1-3-5-14)13-25(18)11-10-19-21-23-24-22-19/h1-5,8-9,12-13H,6-7,10-11H2,(H,26,27)(H,21,22,23,24). The van der Waals surface area contributed by atoms with Crippen LogP contribution >= 0.6 is 0 Å². The number of carboxylic acid groups (broad SMARTS) is 1. The van der Waals surface area contributed by atoms with E-state index in [9.17, 15) is 9.90 Å². The van der Waals surface area contributed by atoms with Gasteiger partial charge in [0.25, 0.3) is 0 Å². The van der Waals surface area contributed by atoms with Crippen LogP contribution in [0, 0.1) is 0 Å². The van der Waals surface area contributed by atoms with Gasteiger partial charge in [-0.3, -0.25) is 0 Å². The number of carboxylic acids is 1. The molecular formula is C20H19N5O2. The molecule has 0 unspecified atom stereocenters. The third-order valence-electron chi connectivity index (χ3n) is 4.70. The number of H-pyrrole nitrogens is 1. The first kappa shape index (κ1) is 17.0. The number of nitrogens with zero attached hydrogens (tertiary/aromatic N) is 4. The summed E-state index contributed by atoms with van der Waals surface area (Å²) >= 11 is 0. The third-order valence-corrected chi connectivity index (χ3v) is 4.70. The highest BCUT2D eigenvalue weighted by atomic mass is 16.4. The molecule has 4 rings (SSSR count). The summed E-state index contributed by atoms with van der Waals surface area (Å²) in [6.45, 7) is 0.702. The molecule has 0 bridgehead atoms. The Hall–Kier alpha value is -3.48. The number of aryl methyl sites for hydroxylation is 4. The maximum Gasteiger partial charge on any atom is 0.335 e. The van der Waals surface area contributed by atoms with E-state index in [1.54, 1.807) is 12.1 Å². The Morgan fingerprint density at radius 1 is 1.07 bits per heavy atom. The van der Waals surface area contributed by atoms with Gasteiger partial charge in [0, 0.05) is 30.1 Å². The van der Waals surface area contributed by atoms with E-state index in [0.29, 0.717) is 24.4 Å². The predicted molar refractivity (Wildman–Crippen MR) is 101 cm³/mol. The number of tetrazole rings is 1. The maximum atomic E-state index is 11.4. The average Bonchev–Trinajstić information content (AvgIpc) is 3.33. The molecule has 27 heavy (non-hydrogen) atoms. The first-order valence-corrected chi connectivity index (χ1v) is 8.82. The lowest BCUT2D eigenvalue weighted by molar-refractivity contribution is 0.0697. The second-order valence-electron chi connectivity index (χ2n) is 6.45. The summed E-state index contributed by atoms with van der Waals surface area (Å²) < 4.78 is 2.14. The van der Waals surface area contributed by atoms with Gasteiger partial charge >= 0.3 is 5.97 Å². The van der Waals surface area contributed by atoms with E-state index >= 15 is 0 Å². The molecule has 0 amide bonds. The van der Waals surface area contributed by atoms with Crippen molar-refractivity contribution in [2.75, 3.05) is 0 Å². The van der Waals surface area contributed by atoms with Gasteiger partial charge in [0.2, 0.25) is 0 Å². The minimum Gasteiger partial charge on any atom is -0.478 e. The van der Waals surface area contributed by atoms with E-state index in [1.165, 1.54) is 5.56 Å². The molecule has 7 nitrogen and oxygen atoms in total. The third kappa shape index (κ3) is 3.72. The maximum absolute atomic E-state index is 11.4. The number of carbonyl (C=O) groups is 1. The summed E-state index contributed by atoms with van der Waals surface area (Å²) in [7, 11) is 0. The highest BCUT2D eigenvalue weighted by Gasteiger charge is 2.13. The summed E-state index contributed by atoms with van der Waals surface area (Å²) in [6.07, 6.45) is 4.51. The van der Waals surface area contributed by atoms with Gasteiger partial charge in [-0.25, -0.2) is 4.79 Å². The molecular weight excluding hydrogens is 342 g/mol. The Bertz CT molecular complexity index is 1050. The molecule has 2 aromatic carbocycles. The number of nitrogens with one attached hydrogen (secondary N) is 1. The minimum atomic E-state index is -0.912. The molecule has 0 atom stereocenters. The second kappa shape index (κ2) is 7.41. The Balaban J connectivity index is 1.65. The zero-order valence-corrected chi connectivity index (χ0v) is 14.7. The van der Waals surface area contributed by atoms with Crippen LogP contribution in [0.2, 0.25) is 0 Å². The number of hydrogen-bond acceptors (Lipinski definition) is 4. The van der Waals surface area contributed by atoms with Crippen molar-refractivity contribution in [1.29, 1.82) is 0 Å². The van der Waals surface area contributed by atoms with E-state index in [1.807, 2.05) is 24.3 Å². The van der Waals surface area contributed by atoms with Crippen LogP contribution in [0.15, 0.2) is 54.7 Å². The molecule has 0 saturated heterocycles. The smallest absolute Gasteiger partial charge is 0.335 e. The van der Waals surface area contributed by atoms with Crippen molar-refractivity contribution in [1.82, 2.24) is 25.2 Å². The molecule has 0 spiro atoms. The highest BCUT2D eigenvalue weighted by molar-refractivity contribution is 5.95. The normalized spacial score (nSPS) is 11.1. The lowest BCUT2D eigenvalue weighted by Crippen LogP contribution is -2.02. The van der Waals surface area contributed by atoms with Crippen LogP contribution < -0.4 is 0 Å². The SMILES string of the molecule is O=C(O)c1ccc2c(c1)c(CCc1ccccc1)cn2CCc1nn[nH]n1. The van der Waals surface area contributed by atoms with Crippen LogP contribution in [0.5, 0.6) is 0 Å². The van der Waals surface area contributed by atoms with Crippen LogP contribution in [0.3, 0.4) is 0 Å². The Labute approximate surface area is 155 Å². The zero-order chi connectivity index (χ0) is 18.6. The number of hydrogen-bond donors (Lipinski definition) is 2. The summed E-state index contributed by atoms with van der Waals surface area (Å²) in [5, 5.41) is 24.4. The first-order chi connectivity index (χ1) is 13.2. The van der Waals surface area contributed by atoms with Crippen molar-refractivity contribution in [2.24, 2.45) is 0 Å². The molecule has 136 valence electrons. The number of rotatable bonds is 7. The molecule has 0 aliphatic heterocycles. The molecule has 2 aromatic heterocycles. The minimum absolute atomic E-state index is 0.305. The van der Waals surface area contributed by atoms with Crippen molar-refractivity contribution in [3.8, 4) is 0 Å². The van der Waals surface area contributed by atoms with E-state index in [-0.39, 0.29) is 0 Å². The quantitative estimate of drug-likeness (QED) is 0.528. The van der Waals surface area contributed by atoms with Crippen LogP contribution in [-0.2, 0) is 25.8 Å². The molecule has 4 aromatic rings. The molecule has 2 heterocycles. The van der Waals surface area contributed by atoms with Gasteiger partial charge in [0.15, 0.2) is 5.82 Å². The molecule has 0 fully saturated rings.